The van der Waals surface area contributed by atoms with E-state index in [-0.39, 0.29) is 0 Å². The van der Waals surface area contributed by atoms with Crippen molar-refractivity contribution in [2.75, 3.05) is 11.9 Å². The number of aromatic nitrogens is 1. The van der Waals surface area contributed by atoms with Gasteiger partial charge in [-0.25, -0.2) is 0 Å². The summed E-state index contributed by atoms with van der Waals surface area (Å²) in [6.07, 6.45) is 0. The maximum absolute atomic E-state index is 6.08. The Morgan fingerprint density at radius 1 is 1.26 bits per heavy atom. The van der Waals surface area contributed by atoms with Crippen LogP contribution in [-0.2, 0) is 0 Å². The van der Waals surface area contributed by atoms with Crippen molar-refractivity contribution in [3.8, 4) is 11.6 Å². The van der Waals surface area contributed by atoms with E-state index in [1.807, 2.05) is 31.2 Å². The number of hydrogen-bond acceptors (Lipinski definition) is 3. The van der Waals surface area contributed by atoms with E-state index < -0.39 is 0 Å². The van der Waals surface area contributed by atoms with Gasteiger partial charge in [0.05, 0.1) is 5.02 Å². The Morgan fingerprint density at radius 2 is 2.05 bits per heavy atom. The number of hydrogen-bond donors (Lipinski definition) is 1. The normalized spacial score (nSPS) is 10.3. The van der Waals surface area contributed by atoms with Gasteiger partial charge >= 0.3 is 0 Å². The number of ether oxygens (including phenoxy) is 1. The molecule has 2 rings (SSSR count). The Labute approximate surface area is 130 Å². The molecule has 6 heteroatoms. The summed E-state index contributed by atoms with van der Waals surface area (Å²) in [5.74, 6) is 1.52. The van der Waals surface area contributed by atoms with Crippen LogP contribution in [0.4, 0.5) is 5.82 Å². The Balaban J connectivity index is 2.31. The van der Waals surface area contributed by atoms with Gasteiger partial charge in [0.2, 0.25) is 5.88 Å². The first-order chi connectivity index (χ1) is 9.10. The van der Waals surface area contributed by atoms with Gasteiger partial charge < -0.3 is 10.1 Å². The summed E-state index contributed by atoms with van der Waals surface area (Å²) in [7, 11) is 0. The lowest BCUT2D eigenvalue weighted by atomic mass is 10.3. The molecule has 0 amide bonds. The highest BCUT2D eigenvalue weighted by Crippen LogP contribution is 2.33. The number of nitrogens with zero attached hydrogens (tertiary/aromatic N) is 1. The highest BCUT2D eigenvalue weighted by atomic mass is 79.9. The lowest BCUT2D eigenvalue weighted by Crippen LogP contribution is -2.01. The topological polar surface area (TPSA) is 34.2 Å². The molecular weight excluding hydrogens is 351 g/mol. The third-order valence-electron chi connectivity index (χ3n) is 2.25. The molecule has 19 heavy (non-hydrogen) atoms. The van der Waals surface area contributed by atoms with Crippen molar-refractivity contribution in [3.63, 3.8) is 0 Å². The van der Waals surface area contributed by atoms with Crippen molar-refractivity contribution in [1.82, 2.24) is 4.98 Å². The van der Waals surface area contributed by atoms with Crippen molar-refractivity contribution in [3.05, 3.63) is 44.8 Å². The molecule has 0 aliphatic rings. The maximum Gasteiger partial charge on any atom is 0.240 e. The summed E-state index contributed by atoms with van der Waals surface area (Å²) >= 11 is 15.5. The molecule has 3 nitrogen and oxygen atoms in total. The second-order valence-electron chi connectivity index (χ2n) is 3.70. The highest BCUT2D eigenvalue weighted by molar-refractivity contribution is 9.10. The van der Waals surface area contributed by atoms with Crippen molar-refractivity contribution in [2.45, 2.75) is 6.92 Å². The number of rotatable bonds is 4. The number of halogens is 3. The summed E-state index contributed by atoms with van der Waals surface area (Å²) in [5.41, 5.74) is 0. The van der Waals surface area contributed by atoms with Crippen molar-refractivity contribution >= 4 is 44.9 Å². The molecule has 0 aliphatic carbocycles. The third kappa shape index (κ3) is 3.75. The summed E-state index contributed by atoms with van der Waals surface area (Å²) in [6, 6.07) is 9.05. The number of benzene rings is 1. The minimum atomic E-state index is 0.320. The van der Waals surface area contributed by atoms with Crippen molar-refractivity contribution in [2.24, 2.45) is 0 Å². The van der Waals surface area contributed by atoms with Crippen LogP contribution in [0.15, 0.2) is 34.8 Å². The van der Waals surface area contributed by atoms with Crippen LogP contribution in [0.2, 0.25) is 10.0 Å². The van der Waals surface area contributed by atoms with Crippen LogP contribution in [0.5, 0.6) is 11.6 Å². The summed E-state index contributed by atoms with van der Waals surface area (Å²) in [6.45, 7) is 2.67. The van der Waals surface area contributed by atoms with E-state index >= 15 is 0 Å². The predicted octanol–water partition coefficient (Wildman–Crippen LogP) is 5.38. The largest absolute Gasteiger partial charge is 0.437 e. The molecular formula is C13H11BrCl2N2O. The molecule has 0 saturated carbocycles. The summed E-state index contributed by atoms with van der Waals surface area (Å²) in [5, 5.41) is 3.88. The van der Waals surface area contributed by atoms with E-state index in [0.717, 1.165) is 4.47 Å². The third-order valence-corrected chi connectivity index (χ3v) is 3.30. The van der Waals surface area contributed by atoms with E-state index in [4.69, 9.17) is 27.9 Å². The molecule has 0 atom stereocenters. The zero-order chi connectivity index (χ0) is 13.8. The van der Waals surface area contributed by atoms with Crippen LogP contribution in [0.3, 0.4) is 0 Å². The van der Waals surface area contributed by atoms with E-state index in [1.54, 1.807) is 6.07 Å². The van der Waals surface area contributed by atoms with Gasteiger partial charge in [-0.1, -0.05) is 45.2 Å². The molecule has 0 radical (unpaired) electrons. The Morgan fingerprint density at radius 3 is 2.74 bits per heavy atom. The van der Waals surface area contributed by atoms with Crippen LogP contribution in [0, 0.1) is 0 Å². The van der Waals surface area contributed by atoms with Crippen LogP contribution >= 0.6 is 39.1 Å². The average Bonchev–Trinajstić information content (AvgIpc) is 2.35. The Bertz CT molecular complexity index is 593. The molecule has 1 heterocycles. The SMILES string of the molecule is CCNc1nc(Oc2cccc(Br)c2)c(Cl)cc1Cl. The van der Waals surface area contributed by atoms with Gasteiger partial charge in [-0.2, -0.15) is 4.98 Å². The summed E-state index contributed by atoms with van der Waals surface area (Å²) < 4.78 is 6.58. The fourth-order valence-corrected chi connectivity index (χ4v) is 2.30. The number of anilines is 1. The van der Waals surface area contributed by atoms with Gasteiger partial charge in [-0.05, 0) is 31.2 Å². The van der Waals surface area contributed by atoms with E-state index in [1.165, 1.54) is 0 Å². The standard InChI is InChI=1S/C13H11BrCl2N2O/c1-2-17-12-10(15)7-11(16)13(18-12)19-9-5-3-4-8(14)6-9/h3-7H,2H2,1H3,(H,17,18). The summed E-state index contributed by atoms with van der Waals surface area (Å²) in [4.78, 5) is 4.27. The zero-order valence-electron chi connectivity index (χ0n) is 10.1. The predicted molar refractivity (Wildman–Crippen MR) is 82.6 cm³/mol. The minimum absolute atomic E-state index is 0.320. The second kappa shape index (κ2) is 6.46. The highest BCUT2D eigenvalue weighted by Gasteiger charge is 2.11. The first kappa shape index (κ1) is 14.4. The quantitative estimate of drug-likeness (QED) is 0.794. The lowest BCUT2D eigenvalue weighted by Gasteiger charge is -2.11. The molecule has 1 N–H and O–H groups in total. The molecule has 2 aromatic rings. The van der Waals surface area contributed by atoms with Gasteiger partial charge in [0.15, 0.2) is 0 Å². The smallest absolute Gasteiger partial charge is 0.240 e. The first-order valence-corrected chi connectivity index (χ1v) is 7.18. The molecule has 100 valence electrons. The van der Waals surface area contributed by atoms with Crippen LogP contribution in [-0.4, -0.2) is 11.5 Å². The van der Waals surface area contributed by atoms with Gasteiger partial charge in [-0.3, -0.25) is 0 Å². The molecule has 1 aromatic heterocycles. The van der Waals surface area contributed by atoms with Gasteiger partial charge in [-0.15, -0.1) is 0 Å². The maximum atomic E-state index is 6.08. The number of nitrogens with one attached hydrogen (secondary N) is 1. The van der Waals surface area contributed by atoms with Crippen LogP contribution < -0.4 is 10.1 Å². The van der Waals surface area contributed by atoms with Gasteiger partial charge in [0.25, 0.3) is 0 Å². The van der Waals surface area contributed by atoms with E-state index in [2.05, 4.69) is 26.2 Å². The minimum Gasteiger partial charge on any atom is -0.437 e. The molecule has 0 unspecified atom stereocenters. The molecule has 0 saturated heterocycles. The fourth-order valence-electron chi connectivity index (χ4n) is 1.45. The molecule has 0 fully saturated rings. The van der Waals surface area contributed by atoms with Gasteiger partial charge in [0.1, 0.15) is 16.6 Å². The monoisotopic (exact) mass is 360 g/mol. The zero-order valence-corrected chi connectivity index (χ0v) is 13.2. The van der Waals surface area contributed by atoms with E-state index in [9.17, 15) is 0 Å². The average molecular weight is 362 g/mol. The first-order valence-electron chi connectivity index (χ1n) is 5.63. The number of pyridine rings is 1. The molecule has 0 bridgehead atoms. The van der Waals surface area contributed by atoms with Crippen LogP contribution in [0.1, 0.15) is 6.92 Å². The van der Waals surface area contributed by atoms with Crippen molar-refractivity contribution in [1.29, 1.82) is 0 Å². The van der Waals surface area contributed by atoms with Crippen LogP contribution in [0.25, 0.3) is 0 Å². The Kier molecular flexibility index (Phi) is 4.91. The fraction of sp³-hybridized carbons (Fsp3) is 0.154. The van der Waals surface area contributed by atoms with E-state index in [0.29, 0.717) is 34.0 Å². The lowest BCUT2D eigenvalue weighted by molar-refractivity contribution is 0.463. The second-order valence-corrected chi connectivity index (χ2v) is 5.43. The molecule has 0 aliphatic heterocycles. The Hall–Kier alpha value is -0.970. The van der Waals surface area contributed by atoms with Crippen molar-refractivity contribution < 1.29 is 4.74 Å². The molecule has 1 aromatic carbocycles. The molecule has 0 spiro atoms. The van der Waals surface area contributed by atoms with Gasteiger partial charge in [0, 0.05) is 11.0 Å².